The van der Waals surface area contributed by atoms with E-state index in [-0.39, 0.29) is 17.2 Å². The number of hydrogen-bond donors (Lipinski definition) is 3. The molecule has 0 bridgehead atoms. The number of rotatable bonds is 5. The number of carbonyl (C=O) groups excluding carboxylic acids is 1. The topological polar surface area (TPSA) is 75.3 Å². The summed E-state index contributed by atoms with van der Waals surface area (Å²) in [5.41, 5.74) is 7.53. The lowest BCUT2D eigenvalue weighted by atomic mass is 10.1. The van der Waals surface area contributed by atoms with Gasteiger partial charge in [0.05, 0.1) is 10.6 Å². The smallest absolute Gasteiger partial charge is 0.257 e. The monoisotopic (exact) mass is 304 g/mol. The van der Waals surface area contributed by atoms with Crippen LogP contribution in [0.1, 0.15) is 22.3 Å². The van der Waals surface area contributed by atoms with Crippen molar-refractivity contribution in [1.29, 1.82) is 0 Å². The molecule has 0 aliphatic carbocycles. The zero-order valence-corrected chi connectivity index (χ0v) is 12.2. The van der Waals surface area contributed by atoms with Gasteiger partial charge >= 0.3 is 0 Å². The van der Waals surface area contributed by atoms with E-state index >= 15 is 0 Å². The third kappa shape index (κ3) is 4.21. The van der Waals surface area contributed by atoms with E-state index in [1.165, 1.54) is 18.2 Å². The first-order valence-corrected chi connectivity index (χ1v) is 7.07. The van der Waals surface area contributed by atoms with Gasteiger partial charge in [-0.2, -0.15) is 0 Å². The number of nitrogens with one attached hydrogen (secondary N) is 1. The van der Waals surface area contributed by atoms with Gasteiger partial charge in [0.15, 0.2) is 0 Å². The zero-order valence-electron chi connectivity index (χ0n) is 11.5. The lowest BCUT2D eigenvalue weighted by molar-refractivity contribution is 0.102. The largest absolute Gasteiger partial charge is 0.508 e. The molecule has 2 aromatic rings. The number of anilines is 1. The molecule has 4 nitrogen and oxygen atoms in total. The standard InChI is InChI=1S/C16H17ClN2O2/c17-15-7-6-13(20)10-14(15)16(21)19-12-5-1-3-11(9-12)4-2-8-18/h1,3,5-7,9-10,20H,2,4,8,18H2,(H,19,21). The van der Waals surface area contributed by atoms with Gasteiger partial charge in [0.2, 0.25) is 0 Å². The number of amides is 1. The Morgan fingerprint density at radius 2 is 2.05 bits per heavy atom. The van der Waals surface area contributed by atoms with E-state index in [1.807, 2.05) is 18.2 Å². The highest BCUT2D eigenvalue weighted by molar-refractivity contribution is 6.34. The normalized spacial score (nSPS) is 10.4. The number of aryl methyl sites for hydroxylation is 1. The summed E-state index contributed by atoms with van der Waals surface area (Å²) in [7, 11) is 0. The molecule has 0 fully saturated rings. The van der Waals surface area contributed by atoms with E-state index in [9.17, 15) is 9.90 Å². The van der Waals surface area contributed by atoms with Crippen LogP contribution in [0.5, 0.6) is 5.75 Å². The Labute approximate surface area is 128 Å². The fraction of sp³-hybridized carbons (Fsp3) is 0.188. The van der Waals surface area contributed by atoms with Gasteiger partial charge < -0.3 is 16.2 Å². The Bertz CT molecular complexity index is 644. The summed E-state index contributed by atoms with van der Waals surface area (Å²) < 4.78 is 0. The predicted molar refractivity (Wildman–Crippen MR) is 84.9 cm³/mol. The van der Waals surface area contributed by atoms with Crippen LogP contribution in [0.25, 0.3) is 0 Å². The summed E-state index contributed by atoms with van der Waals surface area (Å²) in [5, 5.41) is 12.5. The van der Waals surface area contributed by atoms with Crippen LogP contribution >= 0.6 is 11.6 Å². The maximum Gasteiger partial charge on any atom is 0.257 e. The molecule has 2 rings (SSSR count). The SMILES string of the molecule is NCCCc1cccc(NC(=O)c2cc(O)ccc2Cl)c1. The highest BCUT2D eigenvalue weighted by Gasteiger charge is 2.11. The minimum Gasteiger partial charge on any atom is -0.508 e. The van der Waals surface area contributed by atoms with Gasteiger partial charge in [-0.1, -0.05) is 23.7 Å². The molecule has 0 unspecified atom stereocenters. The van der Waals surface area contributed by atoms with Crippen LogP contribution in [-0.4, -0.2) is 17.6 Å². The van der Waals surface area contributed by atoms with E-state index < -0.39 is 0 Å². The Hall–Kier alpha value is -2.04. The number of aromatic hydroxyl groups is 1. The van der Waals surface area contributed by atoms with Gasteiger partial charge in [-0.3, -0.25) is 4.79 Å². The Morgan fingerprint density at radius 1 is 1.24 bits per heavy atom. The molecule has 0 saturated heterocycles. The van der Waals surface area contributed by atoms with Crippen molar-refractivity contribution in [3.05, 3.63) is 58.6 Å². The van der Waals surface area contributed by atoms with Crippen LogP contribution in [0.2, 0.25) is 5.02 Å². The predicted octanol–water partition coefficient (Wildman–Crippen LogP) is 3.19. The van der Waals surface area contributed by atoms with Crippen molar-refractivity contribution in [3.63, 3.8) is 0 Å². The first-order valence-electron chi connectivity index (χ1n) is 6.69. The molecule has 0 saturated carbocycles. The molecule has 4 N–H and O–H groups in total. The second-order valence-corrected chi connectivity index (χ2v) is 5.12. The molecule has 0 aliphatic heterocycles. The maximum absolute atomic E-state index is 12.2. The third-order valence-electron chi connectivity index (χ3n) is 3.05. The summed E-state index contributed by atoms with van der Waals surface area (Å²) in [4.78, 5) is 12.2. The number of hydrogen-bond acceptors (Lipinski definition) is 3. The molecule has 0 atom stereocenters. The first-order chi connectivity index (χ1) is 10.1. The van der Waals surface area contributed by atoms with Crippen LogP contribution in [0.15, 0.2) is 42.5 Å². The summed E-state index contributed by atoms with van der Waals surface area (Å²) in [6, 6.07) is 11.9. The molecule has 0 aliphatic rings. The molecule has 2 aromatic carbocycles. The van der Waals surface area contributed by atoms with Crippen LogP contribution < -0.4 is 11.1 Å². The lowest BCUT2D eigenvalue weighted by Gasteiger charge is -2.09. The maximum atomic E-state index is 12.2. The Morgan fingerprint density at radius 3 is 2.81 bits per heavy atom. The van der Waals surface area contributed by atoms with Crippen LogP contribution in [0.3, 0.4) is 0 Å². The van der Waals surface area contributed by atoms with Crippen LogP contribution in [0, 0.1) is 0 Å². The van der Waals surface area contributed by atoms with Crippen molar-refractivity contribution >= 4 is 23.2 Å². The van der Waals surface area contributed by atoms with E-state index in [2.05, 4.69) is 5.32 Å². The van der Waals surface area contributed by atoms with E-state index in [1.54, 1.807) is 6.07 Å². The number of phenolic OH excluding ortho intramolecular Hbond substituents is 1. The van der Waals surface area contributed by atoms with E-state index in [4.69, 9.17) is 17.3 Å². The molecular weight excluding hydrogens is 288 g/mol. The van der Waals surface area contributed by atoms with Gasteiger partial charge in [0.25, 0.3) is 5.91 Å². The number of phenols is 1. The second kappa shape index (κ2) is 7.11. The van der Waals surface area contributed by atoms with Crippen LogP contribution in [0.4, 0.5) is 5.69 Å². The number of halogens is 1. The van der Waals surface area contributed by atoms with Crippen LogP contribution in [-0.2, 0) is 6.42 Å². The highest BCUT2D eigenvalue weighted by Crippen LogP contribution is 2.22. The number of benzene rings is 2. The molecule has 0 spiro atoms. The molecule has 0 aromatic heterocycles. The average Bonchev–Trinajstić information content (AvgIpc) is 2.48. The second-order valence-electron chi connectivity index (χ2n) is 4.71. The first kappa shape index (κ1) is 15.4. The minimum atomic E-state index is -0.355. The van der Waals surface area contributed by atoms with Crippen molar-refractivity contribution in [1.82, 2.24) is 0 Å². The molecule has 1 amide bonds. The number of carbonyl (C=O) groups is 1. The van der Waals surface area contributed by atoms with Gasteiger partial charge in [0, 0.05) is 5.69 Å². The highest BCUT2D eigenvalue weighted by atomic mass is 35.5. The average molecular weight is 305 g/mol. The van der Waals surface area contributed by atoms with Gasteiger partial charge in [0.1, 0.15) is 5.75 Å². The quantitative estimate of drug-likeness (QED) is 0.794. The fourth-order valence-electron chi connectivity index (χ4n) is 2.00. The van der Waals surface area contributed by atoms with Crippen molar-refractivity contribution in [2.45, 2.75) is 12.8 Å². The Kier molecular flexibility index (Phi) is 5.20. The molecule has 0 heterocycles. The van der Waals surface area contributed by atoms with Crippen molar-refractivity contribution in [2.75, 3.05) is 11.9 Å². The van der Waals surface area contributed by atoms with Gasteiger partial charge in [-0.05, 0) is 55.3 Å². The molecule has 0 radical (unpaired) electrons. The third-order valence-corrected chi connectivity index (χ3v) is 3.38. The van der Waals surface area contributed by atoms with Gasteiger partial charge in [-0.25, -0.2) is 0 Å². The molecule has 21 heavy (non-hydrogen) atoms. The summed E-state index contributed by atoms with van der Waals surface area (Å²) in [5.74, 6) is -0.354. The molecule has 5 heteroatoms. The fourth-order valence-corrected chi connectivity index (χ4v) is 2.20. The number of nitrogens with two attached hydrogens (primary N) is 1. The summed E-state index contributed by atoms with van der Waals surface area (Å²) >= 11 is 5.97. The lowest BCUT2D eigenvalue weighted by Crippen LogP contribution is -2.12. The van der Waals surface area contributed by atoms with E-state index in [0.717, 1.165) is 18.4 Å². The summed E-state index contributed by atoms with van der Waals surface area (Å²) in [6.45, 7) is 0.634. The van der Waals surface area contributed by atoms with Crippen molar-refractivity contribution in [3.8, 4) is 5.75 Å². The zero-order chi connectivity index (χ0) is 15.2. The van der Waals surface area contributed by atoms with Crippen molar-refractivity contribution in [2.24, 2.45) is 5.73 Å². The summed E-state index contributed by atoms with van der Waals surface area (Å²) in [6.07, 6.45) is 1.77. The Balaban J connectivity index is 2.14. The molecule has 110 valence electrons. The van der Waals surface area contributed by atoms with Crippen molar-refractivity contribution < 1.29 is 9.90 Å². The minimum absolute atomic E-state index is 0.00115. The molecular formula is C16H17ClN2O2. The van der Waals surface area contributed by atoms with E-state index in [0.29, 0.717) is 17.3 Å². The van der Waals surface area contributed by atoms with Gasteiger partial charge in [-0.15, -0.1) is 0 Å².